The van der Waals surface area contributed by atoms with Gasteiger partial charge < -0.3 is 15.6 Å². The highest BCUT2D eigenvalue weighted by atomic mass is 19.4. The van der Waals surface area contributed by atoms with Gasteiger partial charge in [0.05, 0.1) is 11.7 Å². The smallest absolute Gasteiger partial charge is 0.434 e. The molecule has 0 saturated heterocycles. The molecule has 0 aromatic carbocycles. The number of aromatic nitrogens is 1. The third-order valence-corrected chi connectivity index (χ3v) is 4.05. The Morgan fingerprint density at radius 3 is 2.35 bits per heavy atom. The Balaban J connectivity index is 2.58. The van der Waals surface area contributed by atoms with Gasteiger partial charge in [0.1, 0.15) is 0 Å². The van der Waals surface area contributed by atoms with Crippen LogP contribution in [0.4, 0.5) is 26.3 Å². The summed E-state index contributed by atoms with van der Waals surface area (Å²) in [6, 6.07) is 0.725. The molecule has 1 heterocycles. The molecule has 11 heteroatoms. The van der Waals surface area contributed by atoms with Gasteiger partial charge in [0, 0.05) is 11.5 Å². The first-order chi connectivity index (χ1) is 11.9. The van der Waals surface area contributed by atoms with E-state index < -0.39 is 54.0 Å². The molecule has 1 amide bonds. The zero-order chi connectivity index (χ0) is 19.7. The van der Waals surface area contributed by atoms with Gasteiger partial charge in [0.2, 0.25) is 5.88 Å². The summed E-state index contributed by atoms with van der Waals surface area (Å²) in [6.07, 6.45) is -9.04. The predicted octanol–water partition coefficient (Wildman–Crippen LogP) is 3.16. The molecule has 5 nitrogen and oxygen atoms in total. The van der Waals surface area contributed by atoms with E-state index in [-0.39, 0.29) is 5.56 Å². The third kappa shape index (κ3) is 4.77. The number of ether oxygens (including phenoxy) is 1. The largest absolute Gasteiger partial charge is 0.468 e. The van der Waals surface area contributed by atoms with Crippen LogP contribution in [-0.2, 0) is 6.18 Å². The lowest BCUT2D eigenvalue weighted by Gasteiger charge is -2.29. The van der Waals surface area contributed by atoms with Crippen LogP contribution in [0.5, 0.6) is 5.88 Å². The van der Waals surface area contributed by atoms with Crippen molar-refractivity contribution in [1.29, 1.82) is 0 Å². The number of hydrogen-bond donors (Lipinski definition) is 2. The van der Waals surface area contributed by atoms with Crippen LogP contribution >= 0.6 is 0 Å². The predicted molar refractivity (Wildman–Crippen MR) is 76.5 cm³/mol. The summed E-state index contributed by atoms with van der Waals surface area (Å²) in [5.41, 5.74) is 2.08. The molecule has 26 heavy (non-hydrogen) atoms. The number of amides is 1. The van der Waals surface area contributed by atoms with Gasteiger partial charge in [-0.25, -0.2) is 4.98 Å². The SMILES string of the molecule is NC(=O)c1cc([C@H]2CCCC[C@@H]2O)c(OCC(F)(F)F)nc1C(F)(F)F. The first-order valence-corrected chi connectivity index (χ1v) is 7.69. The van der Waals surface area contributed by atoms with Crippen LogP contribution in [0.3, 0.4) is 0 Å². The number of rotatable bonds is 4. The normalized spacial score (nSPS) is 21.5. The van der Waals surface area contributed by atoms with Crippen molar-refractivity contribution in [3.63, 3.8) is 0 Å². The molecule has 1 aromatic heterocycles. The van der Waals surface area contributed by atoms with Crippen molar-refractivity contribution in [1.82, 2.24) is 4.98 Å². The summed E-state index contributed by atoms with van der Waals surface area (Å²) in [6.45, 7) is -1.86. The van der Waals surface area contributed by atoms with Gasteiger partial charge in [-0.3, -0.25) is 4.79 Å². The second kappa shape index (κ2) is 7.29. The molecule has 1 fully saturated rings. The van der Waals surface area contributed by atoms with Crippen LogP contribution in [0, 0.1) is 0 Å². The van der Waals surface area contributed by atoms with Crippen LogP contribution < -0.4 is 10.5 Å². The minimum Gasteiger partial charge on any atom is -0.468 e. The van der Waals surface area contributed by atoms with Crippen LogP contribution in [0.25, 0.3) is 0 Å². The number of nitrogens with zero attached hydrogens (tertiary/aromatic N) is 1. The summed E-state index contributed by atoms with van der Waals surface area (Å²) < 4.78 is 81.1. The highest BCUT2D eigenvalue weighted by Gasteiger charge is 2.40. The minimum absolute atomic E-state index is 0.191. The molecular formula is C15H16F6N2O3. The fraction of sp³-hybridized carbons (Fsp3) is 0.600. The third-order valence-electron chi connectivity index (χ3n) is 4.05. The van der Waals surface area contributed by atoms with Gasteiger partial charge in [-0.1, -0.05) is 12.8 Å². The zero-order valence-corrected chi connectivity index (χ0v) is 13.3. The second-order valence-electron chi connectivity index (χ2n) is 6.00. The van der Waals surface area contributed by atoms with E-state index in [1.165, 1.54) is 0 Å². The quantitative estimate of drug-likeness (QED) is 0.779. The van der Waals surface area contributed by atoms with Crippen molar-refractivity contribution < 1.29 is 41.0 Å². The lowest BCUT2D eigenvalue weighted by atomic mass is 9.81. The Morgan fingerprint density at radius 2 is 1.85 bits per heavy atom. The monoisotopic (exact) mass is 386 g/mol. The summed E-state index contributed by atoms with van der Waals surface area (Å²) in [5.74, 6) is -3.15. The van der Waals surface area contributed by atoms with Crippen molar-refractivity contribution in [3.8, 4) is 5.88 Å². The van der Waals surface area contributed by atoms with E-state index in [0.717, 1.165) is 6.07 Å². The molecular weight excluding hydrogens is 370 g/mol. The molecule has 146 valence electrons. The first kappa shape index (κ1) is 20.3. The molecule has 1 aromatic rings. The van der Waals surface area contributed by atoms with E-state index in [2.05, 4.69) is 9.72 Å². The molecule has 1 aliphatic carbocycles. The summed E-state index contributed by atoms with van der Waals surface area (Å²) in [7, 11) is 0. The lowest BCUT2D eigenvalue weighted by molar-refractivity contribution is -0.155. The van der Waals surface area contributed by atoms with Gasteiger partial charge in [-0.2, -0.15) is 26.3 Å². The van der Waals surface area contributed by atoms with Crippen LogP contribution in [0.2, 0.25) is 0 Å². The maximum absolute atomic E-state index is 13.1. The number of carbonyl (C=O) groups excluding carboxylic acids is 1. The summed E-state index contributed by atoms with van der Waals surface area (Å²) in [4.78, 5) is 14.5. The molecule has 0 spiro atoms. The van der Waals surface area contributed by atoms with Crippen LogP contribution in [-0.4, -0.2) is 34.9 Å². The molecule has 2 atom stereocenters. The Labute approximate surface area is 144 Å². The minimum atomic E-state index is -5.12. The summed E-state index contributed by atoms with van der Waals surface area (Å²) in [5, 5.41) is 10.1. The number of carbonyl (C=O) groups is 1. The molecule has 3 N–H and O–H groups in total. The van der Waals surface area contributed by atoms with Gasteiger partial charge in [0.25, 0.3) is 5.91 Å². The Hall–Kier alpha value is -2.04. The van der Waals surface area contributed by atoms with Crippen molar-refractivity contribution in [3.05, 3.63) is 22.9 Å². The number of aliphatic hydroxyl groups excluding tert-OH is 1. The maximum Gasteiger partial charge on any atom is 0.434 e. The number of alkyl halides is 6. The molecule has 0 unspecified atom stereocenters. The van der Waals surface area contributed by atoms with Gasteiger partial charge in [-0.05, 0) is 18.9 Å². The fourth-order valence-electron chi connectivity index (χ4n) is 2.92. The van der Waals surface area contributed by atoms with E-state index >= 15 is 0 Å². The van der Waals surface area contributed by atoms with Crippen molar-refractivity contribution >= 4 is 5.91 Å². The number of halogens is 6. The standard InChI is InChI=1S/C15H16F6N2O3/c16-14(17,18)6-26-13-8(7-3-1-2-4-10(7)24)5-9(12(22)25)11(23-13)15(19,20)21/h5,7,10,24H,1-4,6H2,(H2,22,25)/t7-,10+/m1/s1. The van der Waals surface area contributed by atoms with Gasteiger partial charge in [0.15, 0.2) is 12.3 Å². The summed E-state index contributed by atoms with van der Waals surface area (Å²) >= 11 is 0. The average molecular weight is 386 g/mol. The Kier molecular flexibility index (Phi) is 5.69. The Bertz CT molecular complexity index is 675. The molecule has 0 bridgehead atoms. The fourth-order valence-corrected chi connectivity index (χ4v) is 2.92. The molecule has 1 saturated carbocycles. The van der Waals surface area contributed by atoms with Crippen molar-refractivity contribution in [2.75, 3.05) is 6.61 Å². The van der Waals surface area contributed by atoms with E-state index in [0.29, 0.717) is 25.7 Å². The number of aliphatic hydroxyl groups is 1. The number of primary amides is 1. The number of hydrogen-bond acceptors (Lipinski definition) is 4. The maximum atomic E-state index is 13.1. The highest BCUT2D eigenvalue weighted by Crippen LogP contribution is 2.41. The topological polar surface area (TPSA) is 85.4 Å². The van der Waals surface area contributed by atoms with E-state index in [9.17, 15) is 36.2 Å². The van der Waals surface area contributed by atoms with E-state index in [1.807, 2.05) is 0 Å². The molecule has 0 radical (unpaired) electrons. The van der Waals surface area contributed by atoms with Gasteiger partial charge >= 0.3 is 12.4 Å². The van der Waals surface area contributed by atoms with Crippen molar-refractivity contribution in [2.45, 2.75) is 50.1 Å². The zero-order valence-electron chi connectivity index (χ0n) is 13.3. The molecule has 2 rings (SSSR count). The van der Waals surface area contributed by atoms with Gasteiger partial charge in [-0.15, -0.1) is 0 Å². The molecule has 0 aliphatic heterocycles. The van der Waals surface area contributed by atoms with E-state index in [1.54, 1.807) is 0 Å². The first-order valence-electron chi connectivity index (χ1n) is 7.69. The Morgan fingerprint density at radius 1 is 1.23 bits per heavy atom. The average Bonchev–Trinajstić information content (AvgIpc) is 2.51. The van der Waals surface area contributed by atoms with Crippen LogP contribution in [0.1, 0.15) is 53.2 Å². The second-order valence-corrected chi connectivity index (χ2v) is 6.00. The molecule has 1 aliphatic rings. The lowest BCUT2D eigenvalue weighted by Crippen LogP contribution is -2.28. The number of nitrogens with two attached hydrogens (primary N) is 1. The van der Waals surface area contributed by atoms with E-state index in [4.69, 9.17) is 5.73 Å². The van der Waals surface area contributed by atoms with Crippen LogP contribution in [0.15, 0.2) is 6.07 Å². The van der Waals surface area contributed by atoms with Crippen molar-refractivity contribution in [2.24, 2.45) is 5.73 Å². The highest BCUT2D eigenvalue weighted by molar-refractivity contribution is 5.94. The number of pyridine rings is 1.